The summed E-state index contributed by atoms with van der Waals surface area (Å²) in [6.45, 7) is 1.46. The van der Waals surface area contributed by atoms with E-state index in [1.807, 2.05) is 0 Å². The fourth-order valence-electron chi connectivity index (χ4n) is 3.32. The third kappa shape index (κ3) is 1.90. The smallest absolute Gasteiger partial charge is 0.325 e. The van der Waals surface area contributed by atoms with E-state index >= 15 is 0 Å². The minimum atomic E-state index is -0.743. The van der Waals surface area contributed by atoms with Crippen molar-refractivity contribution in [3.05, 3.63) is 0 Å². The Labute approximate surface area is 107 Å². The molecule has 0 radical (unpaired) electrons. The molecule has 1 saturated carbocycles. The van der Waals surface area contributed by atoms with E-state index in [1.54, 1.807) is 0 Å². The van der Waals surface area contributed by atoms with Gasteiger partial charge in [0.1, 0.15) is 5.54 Å². The van der Waals surface area contributed by atoms with Crippen molar-refractivity contribution in [3.63, 3.8) is 0 Å². The van der Waals surface area contributed by atoms with Crippen molar-refractivity contribution in [1.29, 1.82) is 0 Å². The number of urea groups is 1. The first-order valence-corrected chi connectivity index (χ1v) is 6.93. The van der Waals surface area contributed by atoms with Crippen LogP contribution in [0.15, 0.2) is 0 Å². The lowest BCUT2D eigenvalue weighted by atomic mass is 9.98. The van der Waals surface area contributed by atoms with Gasteiger partial charge in [-0.25, -0.2) is 4.79 Å². The number of imide groups is 1. The van der Waals surface area contributed by atoms with Crippen LogP contribution >= 0.6 is 0 Å². The highest BCUT2D eigenvalue weighted by Gasteiger charge is 2.53. The molecule has 3 rings (SSSR count). The van der Waals surface area contributed by atoms with Crippen molar-refractivity contribution in [2.24, 2.45) is 5.92 Å². The average molecular weight is 252 g/mol. The number of carbonyl (C=O) groups excluding carboxylic acids is 2. The van der Waals surface area contributed by atoms with Crippen LogP contribution in [0.4, 0.5) is 4.79 Å². The maximum Gasteiger partial charge on any atom is 0.325 e. The second-order valence-electron chi connectivity index (χ2n) is 5.71. The Morgan fingerprint density at radius 2 is 2.11 bits per heavy atom. The van der Waals surface area contributed by atoms with Gasteiger partial charge in [0, 0.05) is 19.6 Å². The summed E-state index contributed by atoms with van der Waals surface area (Å²) in [6.07, 6.45) is 6.65. The van der Waals surface area contributed by atoms with Crippen LogP contribution in [0.25, 0.3) is 0 Å². The Morgan fingerprint density at radius 1 is 1.33 bits per heavy atom. The van der Waals surface area contributed by atoms with Crippen molar-refractivity contribution in [2.75, 3.05) is 19.8 Å². The zero-order valence-electron chi connectivity index (χ0n) is 10.6. The normalized spacial score (nSPS) is 32.8. The second-order valence-corrected chi connectivity index (χ2v) is 5.71. The van der Waals surface area contributed by atoms with Crippen LogP contribution in [-0.2, 0) is 9.53 Å². The molecule has 18 heavy (non-hydrogen) atoms. The molecule has 5 nitrogen and oxygen atoms in total. The van der Waals surface area contributed by atoms with Crippen LogP contribution in [-0.4, -0.2) is 42.1 Å². The van der Waals surface area contributed by atoms with E-state index < -0.39 is 5.54 Å². The van der Waals surface area contributed by atoms with Gasteiger partial charge in [-0.05, 0) is 12.3 Å². The van der Waals surface area contributed by atoms with Gasteiger partial charge in [0.25, 0.3) is 5.91 Å². The molecule has 0 aromatic rings. The summed E-state index contributed by atoms with van der Waals surface area (Å²) in [5.74, 6) is 0.616. The third-order valence-electron chi connectivity index (χ3n) is 4.50. The zero-order valence-corrected chi connectivity index (χ0v) is 10.6. The van der Waals surface area contributed by atoms with Crippen molar-refractivity contribution >= 4 is 11.9 Å². The monoisotopic (exact) mass is 252 g/mol. The lowest BCUT2D eigenvalue weighted by Crippen LogP contribution is -2.47. The van der Waals surface area contributed by atoms with Crippen LogP contribution in [0.2, 0.25) is 0 Å². The van der Waals surface area contributed by atoms with Gasteiger partial charge in [0.15, 0.2) is 0 Å². The molecule has 0 aromatic heterocycles. The van der Waals surface area contributed by atoms with Crippen LogP contribution < -0.4 is 5.32 Å². The third-order valence-corrected chi connectivity index (χ3v) is 4.50. The highest BCUT2D eigenvalue weighted by molar-refractivity contribution is 6.07. The predicted molar refractivity (Wildman–Crippen MR) is 65.0 cm³/mol. The maximum atomic E-state index is 12.3. The lowest BCUT2D eigenvalue weighted by Gasteiger charge is -2.19. The molecule has 1 spiro atoms. The Balaban J connectivity index is 1.61. The topological polar surface area (TPSA) is 58.6 Å². The van der Waals surface area contributed by atoms with Crippen molar-refractivity contribution in [2.45, 2.75) is 44.1 Å². The van der Waals surface area contributed by atoms with Gasteiger partial charge in [-0.15, -0.1) is 0 Å². The number of nitrogens with one attached hydrogen (secondary N) is 1. The van der Waals surface area contributed by atoms with E-state index in [4.69, 9.17) is 4.74 Å². The molecule has 5 heteroatoms. The van der Waals surface area contributed by atoms with Crippen LogP contribution in [0, 0.1) is 5.92 Å². The van der Waals surface area contributed by atoms with Gasteiger partial charge in [-0.2, -0.15) is 0 Å². The highest BCUT2D eigenvalue weighted by Crippen LogP contribution is 2.30. The molecular weight excluding hydrogens is 232 g/mol. The zero-order chi connectivity index (χ0) is 12.6. The van der Waals surface area contributed by atoms with Crippen LogP contribution in [0.3, 0.4) is 0 Å². The number of carbonyl (C=O) groups is 2. The first kappa shape index (κ1) is 12.0. The molecule has 1 unspecified atom stereocenters. The summed E-state index contributed by atoms with van der Waals surface area (Å²) in [6, 6.07) is -0.233. The molecule has 2 aliphatic heterocycles. The Morgan fingerprint density at radius 3 is 2.78 bits per heavy atom. The van der Waals surface area contributed by atoms with E-state index in [9.17, 15) is 9.59 Å². The Bertz CT molecular complexity index is 357. The fourth-order valence-corrected chi connectivity index (χ4v) is 3.32. The number of hydrogen-bond acceptors (Lipinski definition) is 3. The molecule has 0 bridgehead atoms. The molecule has 1 N–H and O–H groups in total. The summed E-state index contributed by atoms with van der Waals surface area (Å²) in [4.78, 5) is 25.6. The van der Waals surface area contributed by atoms with Gasteiger partial charge in [-0.1, -0.05) is 25.7 Å². The van der Waals surface area contributed by atoms with Gasteiger partial charge in [0.05, 0.1) is 6.61 Å². The van der Waals surface area contributed by atoms with E-state index in [0.717, 1.165) is 6.42 Å². The molecule has 3 aliphatic rings. The second kappa shape index (κ2) is 4.53. The summed E-state index contributed by atoms with van der Waals surface area (Å²) in [5, 5.41) is 2.82. The van der Waals surface area contributed by atoms with E-state index in [2.05, 4.69) is 5.32 Å². The molecule has 2 heterocycles. The minimum absolute atomic E-state index is 0.0806. The van der Waals surface area contributed by atoms with Gasteiger partial charge < -0.3 is 10.1 Å². The summed E-state index contributed by atoms with van der Waals surface area (Å²) >= 11 is 0. The SMILES string of the molecule is O=C1NC2(CCOC2)C(=O)N1CCC1CCCC1. The largest absolute Gasteiger partial charge is 0.378 e. The number of amides is 3. The predicted octanol–water partition coefficient (Wildman–Crippen LogP) is 1.28. The maximum absolute atomic E-state index is 12.3. The van der Waals surface area contributed by atoms with Crippen LogP contribution in [0.1, 0.15) is 38.5 Å². The standard InChI is InChI=1S/C13H20N2O3/c16-11-13(6-8-18-9-13)14-12(17)15(11)7-5-10-3-1-2-4-10/h10H,1-9H2,(H,14,17). The molecule has 3 amide bonds. The summed E-state index contributed by atoms with van der Waals surface area (Å²) in [7, 11) is 0. The van der Waals surface area contributed by atoms with Crippen molar-refractivity contribution in [1.82, 2.24) is 10.2 Å². The Hall–Kier alpha value is -1.10. The first-order chi connectivity index (χ1) is 8.71. The summed E-state index contributed by atoms with van der Waals surface area (Å²) in [5.41, 5.74) is -0.743. The van der Waals surface area contributed by atoms with E-state index in [0.29, 0.717) is 32.1 Å². The number of hydrogen-bond donors (Lipinski definition) is 1. The molecule has 1 atom stereocenters. The van der Waals surface area contributed by atoms with Gasteiger partial charge >= 0.3 is 6.03 Å². The molecular formula is C13H20N2O3. The number of rotatable bonds is 3. The quantitative estimate of drug-likeness (QED) is 0.770. The average Bonchev–Trinajstić information content (AvgIpc) is 3.03. The number of ether oxygens (including phenoxy) is 1. The van der Waals surface area contributed by atoms with Crippen LogP contribution in [0.5, 0.6) is 0 Å². The molecule has 1 aliphatic carbocycles. The Kier molecular flexibility index (Phi) is 3.01. The molecule has 100 valence electrons. The van der Waals surface area contributed by atoms with Gasteiger partial charge in [0.2, 0.25) is 0 Å². The molecule has 0 aromatic carbocycles. The highest BCUT2D eigenvalue weighted by atomic mass is 16.5. The first-order valence-electron chi connectivity index (χ1n) is 6.93. The van der Waals surface area contributed by atoms with E-state index in [-0.39, 0.29) is 11.9 Å². The fraction of sp³-hybridized carbons (Fsp3) is 0.846. The van der Waals surface area contributed by atoms with E-state index in [1.165, 1.54) is 30.6 Å². The minimum Gasteiger partial charge on any atom is -0.378 e. The summed E-state index contributed by atoms with van der Waals surface area (Å²) < 4.78 is 5.27. The molecule has 2 saturated heterocycles. The number of nitrogens with zero attached hydrogens (tertiary/aromatic N) is 1. The lowest BCUT2D eigenvalue weighted by molar-refractivity contribution is -0.131. The van der Waals surface area contributed by atoms with Gasteiger partial charge in [-0.3, -0.25) is 9.69 Å². The van der Waals surface area contributed by atoms with Crippen molar-refractivity contribution in [3.8, 4) is 0 Å². The molecule has 3 fully saturated rings. The van der Waals surface area contributed by atoms with Crippen molar-refractivity contribution < 1.29 is 14.3 Å².